The standard InChI is InChI=1S/C19H22ClNO4/c1-19(2,3)25-17(22)8-6-5-7-12-9-13(20)10-15-14(12)11-16(21-15)18(23)24-4/h6,8-11,21H,5,7H2,1-4H3/b8-6+. The fraction of sp³-hybridized carbons (Fsp3) is 0.368. The van der Waals surface area contributed by atoms with E-state index in [-0.39, 0.29) is 5.97 Å². The summed E-state index contributed by atoms with van der Waals surface area (Å²) in [6.07, 6.45) is 4.53. The summed E-state index contributed by atoms with van der Waals surface area (Å²) in [5.41, 5.74) is 1.64. The second-order valence-electron chi connectivity index (χ2n) is 6.68. The molecule has 0 aliphatic heterocycles. The summed E-state index contributed by atoms with van der Waals surface area (Å²) < 4.78 is 9.95. The molecule has 0 aliphatic rings. The predicted octanol–water partition coefficient (Wildman–Crippen LogP) is 4.44. The molecule has 0 bridgehead atoms. The van der Waals surface area contributed by atoms with Crippen LogP contribution in [0.15, 0.2) is 30.4 Å². The summed E-state index contributed by atoms with van der Waals surface area (Å²) in [5, 5.41) is 1.49. The lowest BCUT2D eigenvalue weighted by atomic mass is 10.0. The number of halogens is 1. The first kappa shape index (κ1) is 19.1. The minimum absolute atomic E-state index is 0.363. The lowest BCUT2D eigenvalue weighted by Gasteiger charge is -2.17. The van der Waals surface area contributed by atoms with Crippen molar-refractivity contribution in [2.45, 2.75) is 39.2 Å². The number of fused-ring (bicyclic) bond motifs is 1. The summed E-state index contributed by atoms with van der Waals surface area (Å²) in [6.45, 7) is 5.48. The number of methoxy groups -OCH3 is 1. The van der Waals surface area contributed by atoms with Gasteiger partial charge in [0.25, 0.3) is 0 Å². The molecule has 0 aliphatic carbocycles. The fourth-order valence-electron chi connectivity index (χ4n) is 2.45. The maximum absolute atomic E-state index is 11.7. The van der Waals surface area contributed by atoms with Crippen LogP contribution in [0.5, 0.6) is 0 Å². The normalized spacial score (nSPS) is 11.9. The first-order valence-electron chi connectivity index (χ1n) is 7.98. The Bertz CT molecular complexity index is 815. The van der Waals surface area contributed by atoms with Gasteiger partial charge in [0.1, 0.15) is 11.3 Å². The third kappa shape index (κ3) is 5.36. The average Bonchev–Trinajstić information content (AvgIpc) is 2.92. The van der Waals surface area contributed by atoms with Gasteiger partial charge >= 0.3 is 11.9 Å². The number of esters is 2. The van der Waals surface area contributed by atoms with Crippen LogP contribution >= 0.6 is 11.6 Å². The number of aromatic nitrogens is 1. The van der Waals surface area contributed by atoms with Crippen molar-refractivity contribution in [1.82, 2.24) is 4.98 Å². The number of nitrogens with one attached hydrogen (secondary N) is 1. The van der Waals surface area contributed by atoms with Crippen molar-refractivity contribution in [3.63, 3.8) is 0 Å². The SMILES string of the molecule is COC(=O)c1cc2c(CC/C=C/C(=O)OC(C)(C)C)cc(Cl)cc2[nH]1. The molecule has 0 fully saturated rings. The first-order chi connectivity index (χ1) is 11.7. The number of carbonyl (C=O) groups is 2. The van der Waals surface area contributed by atoms with Crippen molar-refractivity contribution >= 4 is 34.4 Å². The Kier molecular flexibility index (Phi) is 5.90. The van der Waals surface area contributed by atoms with Crippen LogP contribution < -0.4 is 0 Å². The van der Waals surface area contributed by atoms with Gasteiger partial charge in [0.15, 0.2) is 0 Å². The van der Waals surface area contributed by atoms with Gasteiger partial charge in [-0.1, -0.05) is 17.7 Å². The third-order valence-electron chi connectivity index (χ3n) is 3.43. The number of allylic oxidation sites excluding steroid dienone is 1. The van der Waals surface area contributed by atoms with Crippen molar-refractivity contribution in [1.29, 1.82) is 0 Å². The monoisotopic (exact) mass is 363 g/mol. The maximum atomic E-state index is 11.7. The molecule has 5 nitrogen and oxygen atoms in total. The van der Waals surface area contributed by atoms with E-state index in [0.29, 0.717) is 23.6 Å². The highest BCUT2D eigenvalue weighted by atomic mass is 35.5. The molecule has 1 heterocycles. The molecule has 0 saturated heterocycles. The molecule has 134 valence electrons. The largest absolute Gasteiger partial charge is 0.464 e. The summed E-state index contributed by atoms with van der Waals surface area (Å²) in [6, 6.07) is 5.38. The van der Waals surface area contributed by atoms with Gasteiger partial charge in [0, 0.05) is 22.0 Å². The molecule has 0 atom stereocenters. The van der Waals surface area contributed by atoms with Gasteiger partial charge < -0.3 is 14.5 Å². The number of rotatable bonds is 5. The molecule has 2 aromatic rings. The van der Waals surface area contributed by atoms with Crippen LogP contribution in [0.4, 0.5) is 0 Å². The molecule has 0 amide bonds. The Morgan fingerprint density at radius 1 is 1.24 bits per heavy atom. The minimum Gasteiger partial charge on any atom is -0.464 e. The molecule has 0 unspecified atom stereocenters. The van der Waals surface area contributed by atoms with Crippen molar-refractivity contribution in [3.8, 4) is 0 Å². The minimum atomic E-state index is -0.504. The van der Waals surface area contributed by atoms with Crippen LogP contribution in [0.1, 0.15) is 43.2 Å². The van der Waals surface area contributed by atoms with Gasteiger partial charge in [-0.15, -0.1) is 0 Å². The fourth-order valence-corrected chi connectivity index (χ4v) is 2.70. The Balaban J connectivity index is 2.11. The topological polar surface area (TPSA) is 68.4 Å². The number of benzene rings is 1. The Hall–Kier alpha value is -2.27. The van der Waals surface area contributed by atoms with E-state index in [1.165, 1.54) is 13.2 Å². The highest BCUT2D eigenvalue weighted by Crippen LogP contribution is 2.26. The van der Waals surface area contributed by atoms with E-state index < -0.39 is 11.6 Å². The third-order valence-corrected chi connectivity index (χ3v) is 3.65. The number of hydrogen-bond acceptors (Lipinski definition) is 4. The maximum Gasteiger partial charge on any atom is 0.354 e. The predicted molar refractivity (Wildman–Crippen MR) is 98.0 cm³/mol. The summed E-state index contributed by atoms with van der Waals surface area (Å²) in [4.78, 5) is 26.4. The van der Waals surface area contributed by atoms with Gasteiger partial charge in [-0.2, -0.15) is 0 Å². The highest BCUT2D eigenvalue weighted by Gasteiger charge is 2.14. The van der Waals surface area contributed by atoms with Crippen LogP contribution in [0.25, 0.3) is 10.9 Å². The Labute approximate surface area is 152 Å². The molecule has 0 saturated carbocycles. The zero-order chi connectivity index (χ0) is 18.6. The average molecular weight is 364 g/mol. The van der Waals surface area contributed by atoms with Gasteiger partial charge in [-0.3, -0.25) is 0 Å². The van der Waals surface area contributed by atoms with Crippen molar-refractivity contribution in [2.75, 3.05) is 7.11 Å². The second kappa shape index (κ2) is 7.74. The smallest absolute Gasteiger partial charge is 0.354 e. The van der Waals surface area contributed by atoms with Gasteiger partial charge in [0.2, 0.25) is 0 Å². The lowest BCUT2D eigenvalue weighted by molar-refractivity contribution is -0.148. The molecule has 1 N–H and O–H groups in total. The zero-order valence-corrected chi connectivity index (χ0v) is 15.6. The molecular weight excluding hydrogens is 342 g/mol. The van der Waals surface area contributed by atoms with E-state index in [0.717, 1.165) is 16.5 Å². The Morgan fingerprint density at radius 2 is 1.96 bits per heavy atom. The van der Waals surface area contributed by atoms with Gasteiger partial charge in [0.05, 0.1) is 7.11 Å². The number of ether oxygens (including phenoxy) is 2. The quantitative estimate of drug-likeness (QED) is 0.630. The van der Waals surface area contributed by atoms with Crippen LogP contribution in [0, 0.1) is 0 Å². The van der Waals surface area contributed by atoms with E-state index in [1.807, 2.05) is 26.8 Å². The summed E-state index contributed by atoms with van der Waals surface area (Å²) in [7, 11) is 1.34. The summed E-state index contributed by atoms with van der Waals surface area (Å²) in [5.74, 6) is -0.790. The molecular formula is C19H22ClNO4. The van der Waals surface area contributed by atoms with Crippen molar-refractivity contribution < 1.29 is 19.1 Å². The molecule has 25 heavy (non-hydrogen) atoms. The number of aromatic amines is 1. The van der Waals surface area contributed by atoms with Gasteiger partial charge in [-0.25, -0.2) is 9.59 Å². The highest BCUT2D eigenvalue weighted by molar-refractivity contribution is 6.31. The molecule has 1 aromatic heterocycles. The molecule has 6 heteroatoms. The van der Waals surface area contributed by atoms with E-state index in [9.17, 15) is 9.59 Å². The number of H-pyrrole nitrogens is 1. The summed E-state index contributed by atoms with van der Waals surface area (Å²) >= 11 is 6.15. The van der Waals surface area contributed by atoms with Crippen LogP contribution in [0.3, 0.4) is 0 Å². The first-order valence-corrected chi connectivity index (χ1v) is 8.36. The zero-order valence-electron chi connectivity index (χ0n) is 14.8. The van der Waals surface area contributed by atoms with E-state index >= 15 is 0 Å². The molecule has 0 radical (unpaired) electrons. The van der Waals surface area contributed by atoms with Crippen LogP contribution in [0.2, 0.25) is 5.02 Å². The molecule has 0 spiro atoms. The van der Waals surface area contributed by atoms with E-state index in [2.05, 4.69) is 4.98 Å². The van der Waals surface area contributed by atoms with Crippen LogP contribution in [-0.4, -0.2) is 29.6 Å². The molecule has 1 aromatic carbocycles. The second-order valence-corrected chi connectivity index (χ2v) is 7.11. The Morgan fingerprint density at radius 3 is 2.60 bits per heavy atom. The van der Waals surface area contributed by atoms with Crippen molar-refractivity contribution in [3.05, 3.63) is 46.6 Å². The number of hydrogen-bond donors (Lipinski definition) is 1. The number of aryl methyl sites for hydroxylation is 1. The van der Waals surface area contributed by atoms with Crippen molar-refractivity contribution in [2.24, 2.45) is 0 Å². The lowest BCUT2D eigenvalue weighted by Crippen LogP contribution is -2.22. The van der Waals surface area contributed by atoms with Crippen LogP contribution in [-0.2, 0) is 20.7 Å². The van der Waals surface area contributed by atoms with Gasteiger partial charge in [-0.05, 0) is 57.4 Å². The van der Waals surface area contributed by atoms with E-state index in [1.54, 1.807) is 18.2 Å². The number of carbonyl (C=O) groups excluding carboxylic acids is 2. The van der Waals surface area contributed by atoms with E-state index in [4.69, 9.17) is 21.1 Å². The molecule has 2 rings (SSSR count).